The van der Waals surface area contributed by atoms with Crippen LogP contribution in [0.2, 0.25) is 0 Å². The molecule has 1 rings (SSSR count). The molecule has 0 fully saturated rings. The van der Waals surface area contributed by atoms with Gasteiger partial charge in [-0.25, -0.2) is 18.5 Å². The van der Waals surface area contributed by atoms with Crippen LogP contribution >= 0.6 is 0 Å². The standard InChI is InChI=1S/C5H7N3O2S/c6-11(9,10)5-2-1-3-7-4-8-5/h1-4H,(H,7,8)(H2,6,9,10). The number of rotatable bonds is 1. The lowest BCUT2D eigenvalue weighted by Crippen LogP contribution is -2.24. The summed E-state index contributed by atoms with van der Waals surface area (Å²) in [5, 5.41) is 7.18. The van der Waals surface area contributed by atoms with Crippen molar-refractivity contribution in [3.05, 3.63) is 23.4 Å². The number of hydrogen-bond donors (Lipinski definition) is 2. The molecule has 0 bridgehead atoms. The van der Waals surface area contributed by atoms with Gasteiger partial charge in [0, 0.05) is 6.20 Å². The van der Waals surface area contributed by atoms with Crippen LogP contribution in [0.1, 0.15) is 0 Å². The Hall–Kier alpha value is -1.14. The molecule has 0 aromatic carbocycles. The second-order valence-electron chi connectivity index (χ2n) is 1.84. The van der Waals surface area contributed by atoms with Crippen molar-refractivity contribution in [2.75, 3.05) is 0 Å². The lowest BCUT2D eigenvalue weighted by atomic mass is 10.6. The summed E-state index contributed by atoms with van der Waals surface area (Å²) in [6, 6.07) is 0. The molecule has 0 amide bonds. The third-order valence-corrected chi connectivity index (χ3v) is 1.87. The minimum atomic E-state index is -3.64. The van der Waals surface area contributed by atoms with E-state index in [-0.39, 0.29) is 5.03 Å². The lowest BCUT2D eigenvalue weighted by Gasteiger charge is -1.99. The monoisotopic (exact) mass is 173 g/mol. The maximum Gasteiger partial charge on any atom is 0.253 e. The first-order chi connectivity index (χ1) is 5.11. The summed E-state index contributed by atoms with van der Waals surface area (Å²) < 4.78 is 21.4. The molecule has 11 heavy (non-hydrogen) atoms. The smallest absolute Gasteiger partial charge is 0.253 e. The molecule has 3 N–H and O–H groups in total. The van der Waals surface area contributed by atoms with Gasteiger partial charge in [-0.15, -0.1) is 0 Å². The van der Waals surface area contributed by atoms with E-state index >= 15 is 0 Å². The summed E-state index contributed by atoms with van der Waals surface area (Å²) >= 11 is 0. The van der Waals surface area contributed by atoms with Crippen LogP contribution in [0.3, 0.4) is 0 Å². The highest BCUT2D eigenvalue weighted by Crippen LogP contribution is 1.98. The molecule has 1 aliphatic heterocycles. The highest BCUT2D eigenvalue weighted by molar-refractivity contribution is 7.93. The Labute approximate surface area is 64.4 Å². The zero-order valence-corrected chi connectivity index (χ0v) is 6.38. The molecular formula is C5H7N3O2S. The third-order valence-electron chi connectivity index (χ3n) is 1.01. The Morgan fingerprint density at radius 1 is 1.55 bits per heavy atom. The average Bonchev–Trinajstić information content (AvgIpc) is 2.10. The number of aliphatic imine (C=N–C) groups is 1. The van der Waals surface area contributed by atoms with Crippen molar-refractivity contribution in [3.8, 4) is 0 Å². The van der Waals surface area contributed by atoms with Gasteiger partial charge in [0.1, 0.15) is 5.03 Å². The van der Waals surface area contributed by atoms with Crippen LogP contribution in [0, 0.1) is 0 Å². The van der Waals surface area contributed by atoms with Crippen molar-refractivity contribution in [3.63, 3.8) is 0 Å². The largest absolute Gasteiger partial charge is 0.336 e. The number of nitrogens with one attached hydrogen (secondary N) is 1. The van der Waals surface area contributed by atoms with Crippen LogP contribution in [0.4, 0.5) is 0 Å². The number of hydrogen-bond acceptors (Lipinski definition) is 4. The van der Waals surface area contributed by atoms with Crippen LogP contribution in [0.15, 0.2) is 28.4 Å². The molecule has 0 spiro atoms. The summed E-state index contributed by atoms with van der Waals surface area (Å²) in [6.07, 6.45) is 5.52. The molecule has 60 valence electrons. The van der Waals surface area contributed by atoms with E-state index in [1.54, 1.807) is 0 Å². The first kappa shape index (κ1) is 7.96. The Balaban J connectivity index is 2.99. The molecule has 1 heterocycles. The van der Waals surface area contributed by atoms with Crippen LogP contribution in [-0.4, -0.2) is 14.8 Å². The zero-order valence-electron chi connectivity index (χ0n) is 5.56. The van der Waals surface area contributed by atoms with Crippen LogP contribution < -0.4 is 10.5 Å². The Morgan fingerprint density at radius 3 is 2.91 bits per heavy atom. The number of sulfonamides is 1. The second-order valence-corrected chi connectivity index (χ2v) is 3.37. The normalized spacial score (nSPS) is 17.0. The van der Waals surface area contributed by atoms with E-state index in [1.807, 2.05) is 0 Å². The van der Waals surface area contributed by atoms with Crippen molar-refractivity contribution in [1.29, 1.82) is 0 Å². The average molecular weight is 173 g/mol. The maximum atomic E-state index is 10.7. The van der Waals surface area contributed by atoms with E-state index in [0.717, 1.165) is 0 Å². The van der Waals surface area contributed by atoms with Gasteiger partial charge in [0.05, 0.1) is 6.34 Å². The van der Waals surface area contributed by atoms with Gasteiger partial charge in [-0.05, 0) is 12.2 Å². The van der Waals surface area contributed by atoms with Crippen molar-refractivity contribution in [1.82, 2.24) is 5.32 Å². The predicted octanol–water partition coefficient (Wildman–Crippen LogP) is -0.738. The number of nitrogens with zero attached hydrogens (tertiary/aromatic N) is 1. The van der Waals surface area contributed by atoms with Gasteiger partial charge < -0.3 is 5.32 Å². The number of allylic oxidation sites excluding steroid dienone is 2. The third kappa shape index (κ3) is 2.17. The minimum absolute atomic E-state index is 0.0602. The van der Waals surface area contributed by atoms with E-state index in [2.05, 4.69) is 10.3 Å². The summed E-state index contributed by atoms with van der Waals surface area (Å²) in [4.78, 5) is 3.65. The number of primary sulfonamides is 1. The van der Waals surface area contributed by atoms with Gasteiger partial charge in [-0.1, -0.05) is 0 Å². The van der Waals surface area contributed by atoms with E-state index in [4.69, 9.17) is 5.14 Å². The Kier molecular flexibility index (Phi) is 2.06. The van der Waals surface area contributed by atoms with Gasteiger partial charge in [0.15, 0.2) is 0 Å². The quantitative estimate of drug-likeness (QED) is 0.547. The van der Waals surface area contributed by atoms with Gasteiger partial charge in [0.2, 0.25) is 0 Å². The van der Waals surface area contributed by atoms with Crippen LogP contribution in [-0.2, 0) is 10.0 Å². The van der Waals surface area contributed by atoms with Gasteiger partial charge >= 0.3 is 0 Å². The van der Waals surface area contributed by atoms with E-state index in [1.165, 1.54) is 24.7 Å². The fraction of sp³-hybridized carbons (Fsp3) is 0. The molecule has 0 aliphatic carbocycles. The molecular weight excluding hydrogens is 166 g/mol. The molecule has 0 saturated heterocycles. The Bertz CT molecular complexity index is 326. The molecule has 1 aliphatic rings. The van der Waals surface area contributed by atoms with Crippen LogP contribution in [0.25, 0.3) is 0 Å². The summed E-state index contributed by atoms with van der Waals surface area (Å²) in [7, 11) is -3.64. The van der Waals surface area contributed by atoms with Gasteiger partial charge in [0.25, 0.3) is 10.0 Å². The fourth-order valence-electron chi connectivity index (χ4n) is 0.549. The summed E-state index contributed by atoms with van der Waals surface area (Å²) in [5.74, 6) is 0. The molecule has 0 radical (unpaired) electrons. The summed E-state index contributed by atoms with van der Waals surface area (Å²) in [5.41, 5.74) is 0. The minimum Gasteiger partial charge on any atom is -0.336 e. The topological polar surface area (TPSA) is 84.6 Å². The molecule has 0 unspecified atom stereocenters. The van der Waals surface area contributed by atoms with E-state index in [9.17, 15) is 8.42 Å². The van der Waals surface area contributed by atoms with Crippen molar-refractivity contribution >= 4 is 16.4 Å². The molecule has 5 nitrogen and oxygen atoms in total. The lowest BCUT2D eigenvalue weighted by molar-refractivity contribution is 0.602. The molecule has 0 aromatic rings. The predicted molar refractivity (Wildman–Crippen MR) is 42.0 cm³/mol. The second kappa shape index (κ2) is 2.85. The van der Waals surface area contributed by atoms with Crippen molar-refractivity contribution in [2.45, 2.75) is 0 Å². The van der Waals surface area contributed by atoms with E-state index < -0.39 is 10.0 Å². The Morgan fingerprint density at radius 2 is 2.27 bits per heavy atom. The summed E-state index contributed by atoms with van der Waals surface area (Å²) in [6.45, 7) is 0. The first-order valence-electron chi connectivity index (χ1n) is 2.78. The highest BCUT2D eigenvalue weighted by Gasteiger charge is 2.09. The first-order valence-corrected chi connectivity index (χ1v) is 4.33. The highest BCUT2D eigenvalue weighted by atomic mass is 32.2. The van der Waals surface area contributed by atoms with Crippen molar-refractivity contribution < 1.29 is 8.42 Å². The van der Waals surface area contributed by atoms with Crippen molar-refractivity contribution in [2.24, 2.45) is 10.1 Å². The van der Waals surface area contributed by atoms with Gasteiger partial charge in [-0.2, -0.15) is 0 Å². The molecule has 6 heteroatoms. The SMILES string of the molecule is NS(=O)(=O)C1=CC=CN=CN1. The number of nitrogens with two attached hydrogens (primary N) is 1. The van der Waals surface area contributed by atoms with E-state index in [0.29, 0.717) is 0 Å². The van der Waals surface area contributed by atoms with Gasteiger partial charge in [-0.3, -0.25) is 0 Å². The molecule has 0 aromatic heterocycles. The maximum absolute atomic E-state index is 10.7. The zero-order chi connectivity index (χ0) is 8.32. The molecule has 0 saturated carbocycles. The fourth-order valence-corrected chi connectivity index (χ4v) is 1.03. The molecule has 0 atom stereocenters. The van der Waals surface area contributed by atoms with Crippen LogP contribution in [0.5, 0.6) is 0 Å².